The first-order valence-electron chi connectivity index (χ1n) is 0.697. The van der Waals surface area contributed by atoms with Crippen molar-refractivity contribution < 1.29 is 19.5 Å². The van der Waals surface area contributed by atoms with E-state index in [1.165, 1.54) is 0 Å². The topological polar surface area (TPSA) is 26.0 Å². The van der Waals surface area contributed by atoms with E-state index in [1.54, 1.807) is 0 Å². The second kappa shape index (κ2) is 4.73. The van der Waals surface area contributed by atoms with Crippen LogP contribution in [0.3, 0.4) is 0 Å². The molecule has 0 aliphatic carbocycles. The molecule has 1 nitrogen and oxygen atoms in total. The fourth-order valence-electron chi connectivity index (χ4n) is 0. The summed E-state index contributed by atoms with van der Waals surface area (Å²) in [6, 6.07) is 0. The van der Waals surface area contributed by atoms with Gasteiger partial charge in [0.05, 0.1) is 0 Å². The van der Waals surface area contributed by atoms with Crippen LogP contribution in [0.2, 0.25) is 0 Å². The van der Waals surface area contributed by atoms with Crippen LogP contribution in [0, 0.1) is 0 Å². The van der Waals surface area contributed by atoms with Crippen LogP contribution < -0.4 is 5.73 Å². The van der Waals surface area contributed by atoms with Crippen LogP contribution in [0.5, 0.6) is 0 Å². The Labute approximate surface area is 54.5 Å². The van der Waals surface area contributed by atoms with E-state index in [1.807, 2.05) is 0 Å². The van der Waals surface area contributed by atoms with Crippen molar-refractivity contribution in [3.05, 3.63) is 0 Å². The SMILES string of the molecule is NC(=S)[S-].[Zn]. The van der Waals surface area contributed by atoms with E-state index >= 15 is 0 Å². The summed E-state index contributed by atoms with van der Waals surface area (Å²) in [6.07, 6.45) is 0. The number of hydrogen-bond donors (Lipinski definition) is 1. The summed E-state index contributed by atoms with van der Waals surface area (Å²) >= 11 is 8.26. The van der Waals surface area contributed by atoms with Crippen LogP contribution in [-0.2, 0) is 32.1 Å². The zero-order valence-electron chi connectivity index (χ0n) is 2.60. The number of hydrogen-bond acceptors (Lipinski definition) is 2. The third-order valence-electron chi connectivity index (χ3n) is 0. The Balaban J connectivity index is 0. The maximum atomic E-state index is 4.66. The molecule has 0 saturated heterocycles. The molecule has 0 aliphatic heterocycles. The molecular weight excluding hydrogens is 156 g/mol. The van der Waals surface area contributed by atoms with Gasteiger partial charge in [0.25, 0.3) is 0 Å². The second-order valence-electron chi connectivity index (χ2n) is 0.319. The van der Waals surface area contributed by atoms with Crippen molar-refractivity contribution in [3.63, 3.8) is 0 Å². The molecule has 4 heteroatoms. The maximum Gasteiger partial charge on any atom is 0 e. The van der Waals surface area contributed by atoms with Crippen molar-refractivity contribution in [2.24, 2.45) is 5.73 Å². The summed E-state index contributed by atoms with van der Waals surface area (Å²) in [5.41, 5.74) is 4.66. The smallest absolute Gasteiger partial charge is 0 e. The van der Waals surface area contributed by atoms with Gasteiger partial charge in [0.15, 0.2) is 0 Å². The van der Waals surface area contributed by atoms with E-state index in [9.17, 15) is 0 Å². The molecular formula is CH2NS2Zn-. The van der Waals surface area contributed by atoms with Gasteiger partial charge in [-0.1, -0.05) is 4.32 Å². The molecule has 0 aromatic rings. The third kappa shape index (κ3) is 65.8. The molecule has 0 radical (unpaired) electrons. The molecule has 0 bridgehead atoms. The molecule has 0 amide bonds. The Hall–Kier alpha value is 0.733. The van der Waals surface area contributed by atoms with Crippen LogP contribution in [0.1, 0.15) is 0 Å². The summed E-state index contributed by atoms with van der Waals surface area (Å²) in [6.45, 7) is 0. The third-order valence-corrected chi connectivity index (χ3v) is 0. The van der Waals surface area contributed by atoms with Crippen LogP contribution in [0.4, 0.5) is 0 Å². The van der Waals surface area contributed by atoms with Gasteiger partial charge in [-0.25, -0.2) is 0 Å². The van der Waals surface area contributed by atoms with Gasteiger partial charge in [0, 0.05) is 19.5 Å². The predicted octanol–water partition coefficient (Wildman–Crippen LogP) is -0.226. The van der Waals surface area contributed by atoms with Crippen molar-refractivity contribution in [1.29, 1.82) is 0 Å². The Bertz CT molecular complexity index is 32.6. The largest absolute Gasteiger partial charge is 0.415 e. The van der Waals surface area contributed by atoms with Gasteiger partial charge in [0.1, 0.15) is 0 Å². The van der Waals surface area contributed by atoms with E-state index < -0.39 is 0 Å². The molecule has 0 fully saturated rings. The van der Waals surface area contributed by atoms with Gasteiger partial charge in [-0.15, -0.1) is 0 Å². The van der Waals surface area contributed by atoms with Crippen molar-refractivity contribution in [2.75, 3.05) is 0 Å². The van der Waals surface area contributed by atoms with Crippen LogP contribution in [0.25, 0.3) is 0 Å². The zero-order valence-corrected chi connectivity index (χ0v) is 7.20. The Morgan fingerprint density at radius 2 is 1.80 bits per heavy atom. The molecule has 0 atom stereocenters. The van der Waals surface area contributed by atoms with E-state index in [2.05, 4.69) is 30.6 Å². The molecule has 0 saturated carbocycles. The minimum Gasteiger partial charge on any atom is -0.415 e. The molecule has 0 aromatic heterocycles. The number of nitrogens with two attached hydrogens (primary N) is 1. The average Bonchev–Trinajstić information content (AvgIpc) is 0.811. The molecule has 0 unspecified atom stereocenters. The number of rotatable bonds is 0. The van der Waals surface area contributed by atoms with Crippen molar-refractivity contribution >= 4 is 29.2 Å². The molecule has 0 spiro atoms. The molecule has 26 valence electrons. The molecule has 0 heterocycles. The van der Waals surface area contributed by atoms with Crippen LogP contribution in [-0.4, -0.2) is 4.32 Å². The van der Waals surface area contributed by atoms with Gasteiger partial charge in [-0.3, -0.25) is 0 Å². The first kappa shape index (κ1) is 9.22. The van der Waals surface area contributed by atoms with Gasteiger partial charge >= 0.3 is 0 Å². The van der Waals surface area contributed by atoms with Crippen LogP contribution in [0.15, 0.2) is 0 Å². The summed E-state index contributed by atoms with van der Waals surface area (Å²) in [4.78, 5) is 0. The maximum absolute atomic E-state index is 4.66. The fraction of sp³-hybridized carbons (Fsp3) is 0. The van der Waals surface area contributed by atoms with Crippen LogP contribution >= 0.6 is 12.2 Å². The van der Waals surface area contributed by atoms with Gasteiger partial charge in [-0.05, 0) is 0 Å². The monoisotopic (exact) mass is 156 g/mol. The quantitative estimate of drug-likeness (QED) is 0.299. The first-order chi connectivity index (χ1) is 1.73. The summed E-state index contributed by atoms with van der Waals surface area (Å²) in [7, 11) is 0. The van der Waals surface area contributed by atoms with E-state index in [0.717, 1.165) is 0 Å². The second-order valence-corrected chi connectivity index (χ2v) is 1.46. The summed E-state index contributed by atoms with van der Waals surface area (Å²) < 4.78 is 0.0833. The summed E-state index contributed by atoms with van der Waals surface area (Å²) in [5, 5.41) is 0. The molecule has 5 heavy (non-hydrogen) atoms. The Morgan fingerprint density at radius 1 is 1.80 bits per heavy atom. The molecule has 0 aromatic carbocycles. The van der Waals surface area contributed by atoms with E-state index in [-0.39, 0.29) is 23.8 Å². The summed E-state index contributed by atoms with van der Waals surface area (Å²) in [5.74, 6) is 0. The first-order valence-corrected chi connectivity index (χ1v) is 1.51. The zero-order chi connectivity index (χ0) is 3.58. The molecule has 0 aliphatic rings. The van der Waals surface area contributed by atoms with E-state index in [4.69, 9.17) is 0 Å². The van der Waals surface area contributed by atoms with Gasteiger partial charge in [0.2, 0.25) is 0 Å². The molecule has 0 rings (SSSR count). The number of thiocarbonyl (C=S) groups is 1. The standard InChI is InChI=1S/CH3NS2.Zn/c2-1(3)4;/h(H3,2,3,4);/p-1. The Kier molecular flexibility index (Phi) is 8.72. The minimum atomic E-state index is 0. The minimum absolute atomic E-state index is 0. The predicted molar refractivity (Wildman–Crippen MR) is 24.2 cm³/mol. The van der Waals surface area contributed by atoms with Crippen molar-refractivity contribution in [1.82, 2.24) is 0 Å². The molecule has 2 N–H and O–H groups in total. The van der Waals surface area contributed by atoms with Crippen molar-refractivity contribution in [2.45, 2.75) is 0 Å². The van der Waals surface area contributed by atoms with Gasteiger partial charge < -0.3 is 30.6 Å². The Morgan fingerprint density at radius 3 is 1.80 bits per heavy atom. The van der Waals surface area contributed by atoms with Gasteiger partial charge in [-0.2, -0.15) is 0 Å². The fourth-order valence-corrected chi connectivity index (χ4v) is 0. The normalized spacial score (nSPS) is 4.80. The van der Waals surface area contributed by atoms with E-state index in [0.29, 0.717) is 0 Å². The average molecular weight is 158 g/mol. The van der Waals surface area contributed by atoms with Crippen molar-refractivity contribution in [3.8, 4) is 0 Å².